The Balaban J connectivity index is 2.09. The van der Waals surface area contributed by atoms with Crippen molar-refractivity contribution in [2.24, 2.45) is 0 Å². The number of nitrogens with zero attached hydrogens (tertiary/aromatic N) is 4. The van der Waals surface area contributed by atoms with Gasteiger partial charge >= 0.3 is 5.69 Å². The van der Waals surface area contributed by atoms with E-state index in [2.05, 4.69) is 15.3 Å². The van der Waals surface area contributed by atoms with E-state index in [0.717, 1.165) is 5.69 Å². The molecule has 0 aliphatic heterocycles. The molecule has 1 heterocycles. The van der Waals surface area contributed by atoms with Crippen molar-refractivity contribution >= 4 is 28.7 Å². The maximum Gasteiger partial charge on any atom is 0.354 e. The lowest BCUT2D eigenvalue weighted by Crippen LogP contribution is -2.19. The smallest absolute Gasteiger partial charge is 0.354 e. The number of hydrogen-bond acceptors (Lipinski definition) is 7. The maximum absolute atomic E-state index is 11.9. The van der Waals surface area contributed by atoms with Crippen LogP contribution < -0.4 is 15.0 Å². The summed E-state index contributed by atoms with van der Waals surface area (Å²) in [6, 6.07) is 16.5. The first-order valence-corrected chi connectivity index (χ1v) is 8.37. The standard InChI is InChI=1S/C19H19N5O3/c1-3-23(14-9-5-4-6-10-14)19-17(24(25)26)18(20-13-21-19)22-15-11-7-8-12-16(15)27-2/h4-13H,3H2,1-2H3,(H,20,21,22). The second-order valence-corrected chi connectivity index (χ2v) is 5.56. The summed E-state index contributed by atoms with van der Waals surface area (Å²) in [7, 11) is 1.54. The predicted octanol–water partition coefficient (Wildman–Crippen LogP) is 4.30. The van der Waals surface area contributed by atoms with Crippen LogP contribution in [0.25, 0.3) is 0 Å². The van der Waals surface area contributed by atoms with E-state index in [1.807, 2.05) is 43.3 Å². The van der Waals surface area contributed by atoms with E-state index >= 15 is 0 Å². The molecule has 0 unspecified atom stereocenters. The number of hydrogen-bond donors (Lipinski definition) is 1. The SMILES string of the molecule is CCN(c1ccccc1)c1ncnc(Nc2ccccc2OC)c1[N+](=O)[O-]. The molecule has 0 saturated carbocycles. The fourth-order valence-corrected chi connectivity index (χ4v) is 2.76. The van der Waals surface area contributed by atoms with Gasteiger partial charge in [0.1, 0.15) is 12.1 Å². The van der Waals surface area contributed by atoms with Crippen LogP contribution >= 0.6 is 0 Å². The van der Waals surface area contributed by atoms with Gasteiger partial charge in [0.15, 0.2) is 0 Å². The Morgan fingerprint density at radius 1 is 1.11 bits per heavy atom. The molecule has 0 fully saturated rings. The highest BCUT2D eigenvalue weighted by Gasteiger charge is 2.27. The molecule has 3 rings (SSSR count). The topological polar surface area (TPSA) is 93.4 Å². The highest BCUT2D eigenvalue weighted by atomic mass is 16.6. The number of nitro groups is 1. The van der Waals surface area contributed by atoms with E-state index in [4.69, 9.17) is 4.74 Å². The van der Waals surface area contributed by atoms with Gasteiger partial charge in [-0.1, -0.05) is 30.3 Å². The molecule has 27 heavy (non-hydrogen) atoms. The molecule has 0 radical (unpaired) electrons. The van der Waals surface area contributed by atoms with Crippen LogP contribution in [0.5, 0.6) is 5.75 Å². The summed E-state index contributed by atoms with van der Waals surface area (Å²) < 4.78 is 5.30. The third-order valence-corrected chi connectivity index (χ3v) is 3.99. The normalized spacial score (nSPS) is 10.3. The minimum Gasteiger partial charge on any atom is -0.495 e. The third kappa shape index (κ3) is 3.79. The summed E-state index contributed by atoms with van der Waals surface area (Å²) in [4.78, 5) is 21.5. The number of aromatic nitrogens is 2. The summed E-state index contributed by atoms with van der Waals surface area (Å²) >= 11 is 0. The number of rotatable bonds is 7. The Hall–Kier alpha value is -3.68. The summed E-state index contributed by atoms with van der Waals surface area (Å²) in [5.41, 5.74) is 1.19. The van der Waals surface area contributed by atoms with Gasteiger partial charge in [0.2, 0.25) is 11.6 Å². The van der Waals surface area contributed by atoms with Crippen LogP contribution in [0.3, 0.4) is 0 Å². The molecule has 2 aromatic carbocycles. The largest absolute Gasteiger partial charge is 0.495 e. The van der Waals surface area contributed by atoms with Crippen molar-refractivity contribution in [3.8, 4) is 5.75 Å². The lowest BCUT2D eigenvalue weighted by atomic mass is 10.2. The van der Waals surface area contributed by atoms with E-state index in [-0.39, 0.29) is 17.3 Å². The number of methoxy groups -OCH3 is 1. The number of ether oxygens (including phenoxy) is 1. The summed E-state index contributed by atoms with van der Waals surface area (Å²) in [6.45, 7) is 2.42. The molecule has 1 N–H and O–H groups in total. The highest BCUT2D eigenvalue weighted by molar-refractivity contribution is 5.79. The molecule has 1 aromatic heterocycles. The first-order chi connectivity index (χ1) is 13.2. The Bertz CT molecular complexity index is 934. The third-order valence-electron chi connectivity index (χ3n) is 3.99. The van der Waals surface area contributed by atoms with Crippen molar-refractivity contribution in [2.75, 3.05) is 23.9 Å². The molecule has 8 nitrogen and oxygen atoms in total. The van der Waals surface area contributed by atoms with Crippen LogP contribution in [0.15, 0.2) is 60.9 Å². The van der Waals surface area contributed by atoms with E-state index in [1.165, 1.54) is 13.4 Å². The molecule has 0 amide bonds. The van der Waals surface area contributed by atoms with Crippen LogP contribution in [-0.4, -0.2) is 28.5 Å². The van der Waals surface area contributed by atoms with Crippen LogP contribution in [0, 0.1) is 10.1 Å². The lowest BCUT2D eigenvalue weighted by Gasteiger charge is -2.22. The Morgan fingerprint density at radius 3 is 2.48 bits per heavy atom. The second kappa shape index (κ2) is 8.13. The van der Waals surface area contributed by atoms with Gasteiger partial charge in [0, 0.05) is 12.2 Å². The van der Waals surface area contributed by atoms with Crippen LogP contribution in [0.1, 0.15) is 6.92 Å². The highest BCUT2D eigenvalue weighted by Crippen LogP contribution is 2.38. The zero-order valence-corrected chi connectivity index (χ0v) is 15.0. The van der Waals surface area contributed by atoms with Gasteiger partial charge in [-0.2, -0.15) is 0 Å². The monoisotopic (exact) mass is 365 g/mol. The number of para-hydroxylation sites is 3. The van der Waals surface area contributed by atoms with E-state index in [9.17, 15) is 10.1 Å². The van der Waals surface area contributed by atoms with E-state index in [1.54, 1.807) is 23.1 Å². The lowest BCUT2D eigenvalue weighted by molar-refractivity contribution is -0.383. The molecule has 138 valence electrons. The van der Waals surface area contributed by atoms with Crippen molar-refractivity contribution in [1.29, 1.82) is 0 Å². The molecular weight excluding hydrogens is 346 g/mol. The minimum atomic E-state index is -0.474. The van der Waals surface area contributed by atoms with E-state index in [0.29, 0.717) is 18.0 Å². The molecule has 0 spiro atoms. The van der Waals surface area contributed by atoms with Crippen molar-refractivity contribution in [3.63, 3.8) is 0 Å². The molecule has 0 atom stereocenters. The number of benzene rings is 2. The van der Waals surface area contributed by atoms with Crippen molar-refractivity contribution in [3.05, 3.63) is 71.0 Å². The second-order valence-electron chi connectivity index (χ2n) is 5.56. The van der Waals surface area contributed by atoms with Gasteiger partial charge < -0.3 is 15.0 Å². The first kappa shape index (κ1) is 18.1. The summed E-state index contributed by atoms with van der Waals surface area (Å²) in [6.07, 6.45) is 1.31. The van der Waals surface area contributed by atoms with Gasteiger partial charge in [0.25, 0.3) is 0 Å². The molecule has 8 heteroatoms. The van der Waals surface area contributed by atoms with Gasteiger partial charge in [-0.05, 0) is 31.2 Å². The molecule has 3 aromatic rings. The zero-order valence-electron chi connectivity index (χ0n) is 15.0. The van der Waals surface area contributed by atoms with Crippen molar-refractivity contribution in [1.82, 2.24) is 9.97 Å². The van der Waals surface area contributed by atoms with Crippen molar-refractivity contribution < 1.29 is 9.66 Å². The summed E-state index contributed by atoms with van der Waals surface area (Å²) in [5.74, 6) is 0.882. The molecule has 0 saturated heterocycles. The van der Waals surface area contributed by atoms with Gasteiger partial charge in [-0.25, -0.2) is 9.97 Å². The molecular formula is C19H19N5O3. The maximum atomic E-state index is 11.9. The summed E-state index contributed by atoms with van der Waals surface area (Å²) in [5, 5.41) is 14.9. The fraction of sp³-hybridized carbons (Fsp3) is 0.158. The van der Waals surface area contributed by atoms with Gasteiger partial charge in [0.05, 0.1) is 17.7 Å². The number of anilines is 4. The van der Waals surface area contributed by atoms with Crippen LogP contribution in [0.2, 0.25) is 0 Å². The minimum absolute atomic E-state index is 0.101. The van der Waals surface area contributed by atoms with Gasteiger partial charge in [-0.3, -0.25) is 10.1 Å². The van der Waals surface area contributed by atoms with E-state index < -0.39 is 4.92 Å². The van der Waals surface area contributed by atoms with Crippen LogP contribution in [0.4, 0.5) is 28.7 Å². The molecule has 0 aliphatic carbocycles. The first-order valence-electron chi connectivity index (χ1n) is 8.37. The predicted molar refractivity (Wildman–Crippen MR) is 104 cm³/mol. The average Bonchev–Trinajstić information content (AvgIpc) is 2.70. The van der Waals surface area contributed by atoms with Crippen molar-refractivity contribution in [2.45, 2.75) is 6.92 Å². The zero-order chi connectivity index (χ0) is 19.2. The molecule has 0 aliphatic rings. The Kier molecular flexibility index (Phi) is 5.46. The Labute approximate surface area is 156 Å². The number of nitrogens with one attached hydrogen (secondary N) is 1. The molecule has 0 bridgehead atoms. The fourth-order valence-electron chi connectivity index (χ4n) is 2.76. The van der Waals surface area contributed by atoms with Gasteiger partial charge in [-0.15, -0.1) is 0 Å². The quantitative estimate of drug-likeness (QED) is 0.493. The average molecular weight is 365 g/mol. The Morgan fingerprint density at radius 2 is 1.81 bits per heavy atom. The van der Waals surface area contributed by atoms with Crippen LogP contribution in [-0.2, 0) is 0 Å².